The van der Waals surface area contributed by atoms with Crippen LogP contribution in [0.25, 0.3) is 0 Å². The van der Waals surface area contributed by atoms with Gasteiger partial charge in [-0.2, -0.15) is 0 Å². The van der Waals surface area contributed by atoms with E-state index in [0.717, 1.165) is 5.56 Å². The van der Waals surface area contributed by atoms with Gasteiger partial charge in [-0.15, -0.1) is 0 Å². The predicted octanol–water partition coefficient (Wildman–Crippen LogP) is 3.22. The molecule has 0 spiro atoms. The van der Waals surface area contributed by atoms with E-state index in [9.17, 15) is 10.1 Å². The Bertz CT molecular complexity index is 594. The number of rotatable bonds is 8. The van der Waals surface area contributed by atoms with Crippen molar-refractivity contribution < 1.29 is 18.7 Å². The average Bonchev–Trinajstić information content (AvgIpc) is 2.33. The number of ether oxygens (including phenoxy) is 1. The summed E-state index contributed by atoms with van der Waals surface area (Å²) in [7, 11) is 0. The van der Waals surface area contributed by atoms with E-state index in [-0.39, 0.29) is 30.8 Å². The summed E-state index contributed by atoms with van der Waals surface area (Å²) >= 11 is 5.04. The van der Waals surface area contributed by atoms with E-state index in [1.54, 1.807) is 13.8 Å². The predicted molar refractivity (Wildman–Crippen MR) is 88.7 cm³/mol. The van der Waals surface area contributed by atoms with Gasteiger partial charge in [0.2, 0.25) is 0 Å². The molecule has 0 amide bonds. The minimum atomic E-state index is -2.80. The first-order valence-corrected chi connectivity index (χ1v) is 9.43. The fourth-order valence-electron chi connectivity index (χ4n) is 1.89. The summed E-state index contributed by atoms with van der Waals surface area (Å²) in [5.74, 6) is 0.231. The third kappa shape index (κ3) is 5.98. The van der Waals surface area contributed by atoms with Gasteiger partial charge in [0, 0.05) is 6.07 Å². The quantitative estimate of drug-likeness (QED) is 0.333. The van der Waals surface area contributed by atoms with E-state index in [2.05, 4.69) is 0 Å². The van der Waals surface area contributed by atoms with Gasteiger partial charge < -0.3 is 13.8 Å². The molecule has 1 unspecified atom stereocenters. The molecule has 0 bridgehead atoms. The summed E-state index contributed by atoms with van der Waals surface area (Å²) in [6, 6.07) is 3.29. The lowest BCUT2D eigenvalue weighted by Crippen LogP contribution is -2.13. The lowest BCUT2D eigenvalue weighted by Gasteiger charge is -2.19. The monoisotopic (exact) mass is 348 g/mol. The minimum Gasteiger partial charge on any atom is -0.484 e. The average molecular weight is 348 g/mol. The van der Waals surface area contributed by atoms with Crippen LogP contribution in [0.15, 0.2) is 12.1 Å². The highest BCUT2D eigenvalue weighted by Gasteiger charge is 2.19. The number of nitro groups is 1. The van der Waals surface area contributed by atoms with E-state index in [0.29, 0.717) is 5.56 Å². The largest absolute Gasteiger partial charge is 0.484 e. The van der Waals surface area contributed by atoms with Crippen LogP contribution in [0.1, 0.15) is 25.0 Å². The Hall–Kier alpha value is -1.05. The Morgan fingerprint density at radius 1 is 1.36 bits per heavy atom. The number of nitrogens with zero attached hydrogens (tertiary/aromatic N) is 1. The van der Waals surface area contributed by atoms with Gasteiger partial charge in [0.25, 0.3) is 6.64 Å². The maximum atomic E-state index is 11.1. The summed E-state index contributed by atoms with van der Waals surface area (Å²) in [6.07, 6.45) is -0.128. The molecule has 22 heavy (non-hydrogen) atoms. The fourth-order valence-corrected chi connectivity index (χ4v) is 3.61. The van der Waals surface area contributed by atoms with Crippen LogP contribution in [0.5, 0.6) is 5.75 Å². The topological polar surface area (TPSA) is 96.9 Å². The molecule has 1 aromatic rings. The van der Waals surface area contributed by atoms with Gasteiger partial charge in [0.15, 0.2) is 5.75 Å². The zero-order valence-electron chi connectivity index (χ0n) is 13.1. The maximum absolute atomic E-state index is 11.1. The number of nitro benzene ring substituents is 1. The van der Waals surface area contributed by atoms with Gasteiger partial charge in [-0.25, -0.2) is 0 Å². The summed E-state index contributed by atoms with van der Waals surface area (Å²) < 4.78 is 16.1. The zero-order valence-corrected chi connectivity index (χ0v) is 14.8. The van der Waals surface area contributed by atoms with Gasteiger partial charge in [-0.3, -0.25) is 15.6 Å². The molecule has 9 heteroatoms. The van der Waals surface area contributed by atoms with Gasteiger partial charge in [0.05, 0.1) is 17.6 Å². The Kier molecular flexibility index (Phi) is 6.90. The molecule has 124 valence electrons. The van der Waals surface area contributed by atoms with Crippen LogP contribution in [-0.2, 0) is 20.9 Å². The molecule has 0 aliphatic carbocycles. The fraction of sp³-hybridized carbons (Fsp3) is 0.538. The summed E-state index contributed by atoms with van der Waals surface area (Å²) in [4.78, 5) is 10.6. The molecule has 0 heterocycles. The second-order valence-electron chi connectivity index (χ2n) is 5.06. The van der Waals surface area contributed by atoms with Crippen LogP contribution in [0, 0.1) is 24.0 Å². The Balaban J connectivity index is 2.66. The summed E-state index contributed by atoms with van der Waals surface area (Å²) in [5.41, 5.74) is 7.17. The lowest BCUT2D eigenvalue weighted by atomic mass is 10.1. The first kappa shape index (κ1) is 19.0. The van der Waals surface area contributed by atoms with Crippen molar-refractivity contribution in [3.05, 3.63) is 33.4 Å². The van der Waals surface area contributed by atoms with Crippen molar-refractivity contribution in [3.8, 4) is 5.75 Å². The molecule has 0 aromatic heterocycles. The highest BCUT2D eigenvalue weighted by Crippen LogP contribution is 2.40. The molecule has 0 fully saturated rings. The SMILES string of the molecule is Cc1cc(C)c(OCCOP(N)(=S)OC(C)C)c([N+](=O)[O-])c1. The zero-order chi connectivity index (χ0) is 16.9. The third-order valence-electron chi connectivity index (χ3n) is 2.55. The number of hydrogen-bond donors (Lipinski definition) is 1. The molecule has 1 atom stereocenters. The number of nitrogens with two attached hydrogens (primary N) is 1. The van der Waals surface area contributed by atoms with Crippen LogP contribution in [-0.4, -0.2) is 24.2 Å². The van der Waals surface area contributed by atoms with Gasteiger partial charge in [-0.1, -0.05) is 6.07 Å². The highest BCUT2D eigenvalue weighted by molar-refractivity contribution is 8.08. The smallest absolute Gasteiger partial charge is 0.311 e. The van der Waals surface area contributed by atoms with Crippen molar-refractivity contribution in [3.63, 3.8) is 0 Å². The Morgan fingerprint density at radius 3 is 2.55 bits per heavy atom. The first-order valence-electron chi connectivity index (χ1n) is 6.72. The van der Waals surface area contributed by atoms with Crippen molar-refractivity contribution in [2.24, 2.45) is 5.50 Å². The molecular formula is C13H21N2O5PS. The summed E-state index contributed by atoms with van der Waals surface area (Å²) in [6.45, 7) is 4.57. The first-order chi connectivity index (χ1) is 10.1. The van der Waals surface area contributed by atoms with E-state index < -0.39 is 11.6 Å². The third-order valence-corrected chi connectivity index (χ3v) is 4.39. The van der Waals surface area contributed by atoms with Crippen molar-refractivity contribution in [1.82, 2.24) is 0 Å². The van der Waals surface area contributed by atoms with Crippen molar-refractivity contribution in [2.45, 2.75) is 33.8 Å². The van der Waals surface area contributed by atoms with E-state index in [1.807, 2.05) is 19.9 Å². The van der Waals surface area contributed by atoms with Crippen LogP contribution >= 0.6 is 6.64 Å². The molecule has 0 radical (unpaired) electrons. The number of benzene rings is 1. The molecule has 1 aromatic carbocycles. The molecule has 1 rings (SSSR count). The molecule has 0 aliphatic heterocycles. The Labute approximate surface area is 135 Å². The lowest BCUT2D eigenvalue weighted by molar-refractivity contribution is -0.386. The van der Waals surface area contributed by atoms with E-state index in [1.165, 1.54) is 6.07 Å². The van der Waals surface area contributed by atoms with Crippen LogP contribution in [0.3, 0.4) is 0 Å². The standard InChI is InChI=1S/C13H21N2O5PS/c1-9(2)20-21(14,22)19-6-5-18-13-11(4)7-10(3)8-12(13)15(16)17/h7-9H,5-6H2,1-4H3,(H2,14,22). The minimum absolute atomic E-state index is 0.0666. The highest BCUT2D eigenvalue weighted by atomic mass is 32.5. The van der Waals surface area contributed by atoms with Gasteiger partial charge in [-0.05, 0) is 50.6 Å². The second-order valence-corrected chi connectivity index (χ2v) is 8.14. The van der Waals surface area contributed by atoms with Crippen molar-refractivity contribution in [1.29, 1.82) is 0 Å². The van der Waals surface area contributed by atoms with Gasteiger partial charge in [0.1, 0.15) is 6.61 Å². The number of hydrogen-bond acceptors (Lipinski definition) is 6. The second kappa shape index (κ2) is 7.99. The van der Waals surface area contributed by atoms with Crippen LogP contribution < -0.4 is 10.2 Å². The summed E-state index contributed by atoms with van der Waals surface area (Å²) in [5, 5.41) is 11.1. The molecule has 7 nitrogen and oxygen atoms in total. The molecule has 0 aliphatic rings. The number of aryl methyl sites for hydroxylation is 2. The molecule has 2 N–H and O–H groups in total. The normalized spacial score (nSPS) is 13.9. The van der Waals surface area contributed by atoms with Crippen LogP contribution in [0.4, 0.5) is 5.69 Å². The van der Waals surface area contributed by atoms with E-state index >= 15 is 0 Å². The Morgan fingerprint density at radius 2 is 2.00 bits per heavy atom. The van der Waals surface area contributed by atoms with Gasteiger partial charge >= 0.3 is 5.69 Å². The van der Waals surface area contributed by atoms with Crippen LogP contribution in [0.2, 0.25) is 0 Å². The maximum Gasteiger partial charge on any atom is 0.311 e. The van der Waals surface area contributed by atoms with Crippen molar-refractivity contribution >= 4 is 24.1 Å². The molecule has 0 saturated carbocycles. The van der Waals surface area contributed by atoms with Crippen molar-refractivity contribution in [2.75, 3.05) is 13.2 Å². The molecule has 0 saturated heterocycles. The van der Waals surface area contributed by atoms with E-state index in [4.69, 9.17) is 31.1 Å². The molecular weight excluding hydrogens is 327 g/mol.